The topological polar surface area (TPSA) is 78.9 Å². The highest BCUT2D eigenvalue weighted by atomic mass is 32.2. The first-order valence-electron chi connectivity index (χ1n) is 9.23. The van der Waals surface area contributed by atoms with Gasteiger partial charge in [-0.2, -0.15) is 4.72 Å². The lowest BCUT2D eigenvalue weighted by atomic mass is 9.87. The van der Waals surface area contributed by atoms with Gasteiger partial charge < -0.3 is 9.84 Å². The number of sulfonamides is 1. The van der Waals surface area contributed by atoms with Crippen LogP contribution in [0.3, 0.4) is 0 Å². The molecule has 2 fully saturated rings. The number of phenols is 1. The molecule has 2 aliphatic rings. The van der Waals surface area contributed by atoms with Crippen LogP contribution < -0.4 is 9.46 Å². The highest BCUT2D eigenvalue weighted by Gasteiger charge is 2.38. The summed E-state index contributed by atoms with van der Waals surface area (Å²) in [5.74, 6) is 1.94. The molecule has 7 heteroatoms. The fourth-order valence-corrected chi connectivity index (χ4v) is 5.19. The molecule has 2 N–H and O–H groups in total. The lowest BCUT2D eigenvalue weighted by molar-refractivity contribution is 0.116. The average Bonchev–Trinajstić information content (AvgIpc) is 2.64. The van der Waals surface area contributed by atoms with E-state index in [1.165, 1.54) is 0 Å². The van der Waals surface area contributed by atoms with Gasteiger partial charge in [0.2, 0.25) is 10.0 Å². The number of hydrogen-bond acceptors (Lipinski definition) is 5. The molecule has 4 rings (SSSR count). The third-order valence-corrected chi connectivity index (χ3v) is 6.72. The van der Waals surface area contributed by atoms with Crippen LogP contribution >= 0.6 is 0 Å². The van der Waals surface area contributed by atoms with Crippen molar-refractivity contribution in [1.82, 2.24) is 9.62 Å². The highest BCUT2D eigenvalue weighted by Crippen LogP contribution is 2.34. The molecule has 0 amide bonds. The van der Waals surface area contributed by atoms with Crippen LogP contribution in [-0.2, 0) is 10.0 Å². The van der Waals surface area contributed by atoms with E-state index in [-0.39, 0.29) is 23.6 Å². The van der Waals surface area contributed by atoms with Crippen molar-refractivity contribution < 1.29 is 18.3 Å². The Morgan fingerprint density at radius 1 is 1.11 bits per heavy atom. The Morgan fingerprint density at radius 2 is 1.85 bits per heavy atom. The van der Waals surface area contributed by atoms with Crippen molar-refractivity contribution in [3.8, 4) is 17.2 Å². The molecule has 0 aromatic heterocycles. The molecular weight excluding hydrogens is 364 g/mol. The molecule has 2 aliphatic heterocycles. The third-order valence-electron chi connectivity index (χ3n) is 5.39. The van der Waals surface area contributed by atoms with Gasteiger partial charge >= 0.3 is 0 Å². The first-order valence-corrected chi connectivity index (χ1v) is 10.9. The SMILES string of the molecule is Cc1cc(Oc2ccc(C3CCCN4CCS(=O)(=O)NC34)cc2)ccc1O. The van der Waals surface area contributed by atoms with Gasteiger partial charge in [-0.05, 0) is 67.8 Å². The summed E-state index contributed by atoms with van der Waals surface area (Å²) in [7, 11) is -3.19. The highest BCUT2D eigenvalue weighted by molar-refractivity contribution is 7.89. The molecule has 0 spiro atoms. The number of rotatable bonds is 3. The van der Waals surface area contributed by atoms with Gasteiger partial charge in [-0.15, -0.1) is 0 Å². The van der Waals surface area contributed by atoms with Gasteiger partial charge in [0.25, 0.3) is 0 Å². The van der Waals surface area contributed by atoms with Crippen molar-refractivity contribution in [3.05, 3.63) is 53.6 Å². The van der Waals surface area contributed by atoms with Crippen molar-refractivity contribution in [2.75, 3.05) is 18.8 Å². The van der Waals surface area contributed by atoms with Crippen LogP contribution in [0.5, 0.6) is 17.2 Å². The van der Waals surface area contributed by atoms with Gasteiger partial charge in [0, 0.05) is 12.5 Å². The van der Waals surface area contributed by atoms with E-state index in [0.717, 1.165) is 30.5 Å². The quantitative estimate of drug-likeness (QED) is 0.845. The molecule has 2 unspecified atom stereocenters. The van der Waals surface area contributed by atoms with E-state index in [1.807, 2.05) is 31.2 Å². The zero-order valence-electron chi connectivity index (χ0n) is 15.3. The Kier molecular flexibility index (Phi) is 4.84. The van der Waals surface area contributed by atoms with Crippen LogP contribution in [0.2, 0.25) is 0 Å². The number of benzene rings is 2. The number of piperidine rings is 1. The van der Waals surface area contributed by atoms with Gasteiger partial charge in [0.05, 0.1) is 11.9 Å². The Balaban J connectivity index is 1.51. The maximum atomic E-state index is 12.0. The van der Waals surface area contributed by atoms with Crippen LogP contribution in [0.15, 0.2) is 42.5 Å². The Bertz CT molecular complexity index is 927. The molecule has 27 heavy (non-hydrogen) atoms. The van der Waals surface area contributed by atoms with Crippen LogP contribution in [0, 0.1) is 6.92 Å². The Morgan fingerprint density at radius 3 is 2.59 bits per heavy atom. The second-order valence-electron chi connectivity index (χ2n) is 7.29. The van der Waals surface area contributed by atoms with E-state index in [1.54, 1.807) is 18.2 Å². The summed E-state index contributed by atoms with van der Waals surface area (Å²) >= 11 is 0. The Labute approximate surface area is 159 Å². The molecule has 2 atom stereocenters. The number of ether oxygens (including phenoxy) is 1. The average molecular weight is 388 g/mol. The summed E-state index contributed by atoms with van der Waals surface area (Å²) in [5, 5.41) is 9.61. The molecule has 2 saturated heterocycles. The van der Waals surface area contributed by atoms with E-state index in [4.69, 9.17) is 4.74 Å². The van der Waals surface area contributed by atoms with E-state index in [2.05, 4.69) is 9.62 Å². The molecule has 0 aliphatic carbocycles. The van der Waals surface area contributed by atoms with Crippen molar-refractivity contribution in [1.29, 1.82) is 0 Å². The van der Waals surface area contributed by atoms with Crippen molar-refractivity contribution in [2.45, 2.75) is 31.8 Å². The molecule has 0 saturated carbocycles. The number of fused-ring (bicyclic) bond motifs is 1. The zero-order chi connectivity index (χ0) is 19.0. The van der Waals surface area contributed by atoms with E-state index >= 15 is 0 Å². The van der Waals surface area contributed by atoms with Gasteiger partial charge in [0.15, 0.2) is 0 Å². The van der Waals surface area contributed by atoms with Crippen molar-refractivity contribution in [2.24, 2.45) is 0 Å². The Hall–Kier alpha value is -2.09. The van der Waals surface area contributed by atoms with Crippen LogP contribution in [0.1, 0.15) is 29.9 Å². The predicted octanol–water partition coefficient (Wildman–Crippen LogP) is 2.93. The van der Waals surface area contributed by atoms with Gasteiger partial charge in [-0.3, -0.25) is 4.90 Å². The van der Waals surface area contributed by atoms with Crippen molar-refractivity contribution in [3.63, 3.8) is 0 Å². The molecule has 6 nitrogen and oxygen atoms in total. The monoisotopic (exact) mass is 388 g/mol. The minimum absolute atomic E-state index is 0.138. The number of hydrogen-bond donors (Lipinski definition) is 2. The third kappa shape index (κ3) is 3.95. The predicted molar refractivity (Wildman–Crippen MR) is 104 cm³/mol. The summed E-state index contributed by atoms with van der Waals surface area (Å²) in [5.41, 5.74) is 1.87. The minimum atomic E-state index is -3.19. The molecule has 144 valence electrons. The fraction of sp³-hybridized carbons (Fsp3) is 0.400. The fourth-order valence-electron chi connectivity index (χ4n) is 3.91. The number of aryl methyl sites for hydroxylation is 1. The van der Waals surface area contributed by atoms with Crippen LogP contribution in [-0.4, -0.2) is 43.4 Å². The molecular formula is C20H24N2O4S. The first-order chi connectivity index (χ1) is 12.9. The van der Waals surface area contributed by atoms with Gasteiger partial charge in [-0.25, -0.2) is 8.42 Å². The molecule has 0 bridgehead atoms. The number of nitrogens with zero attached hydrogens (tertiary/aromatic N) is 1. The summed E-state index contributed by atoms with van der Waals surface area (Å²) in [6, 6.07) is 13.0. The van der Waals surface area contributed by atoms with Crippen molar-refractivity contribution >= 4 is 10.0 Å². The maximum absolute atomic E-state index is 12.0. The second-order valence-corrected chi connectivity index (χ2v) is 9.16. The first kappa shape index (κ1) is 18.3. The lowest BCUT2D eigenvalue weighted by Gasteiger charge is -2.44. The summed E-state index contributed by atoms with van der Waals surface area (Å²) in [6.45, 7) is 3.36. The normalized spacial score (nSPS) is 24.9. The van der Waals surface area contributed by atoms with Crippen LogP contribution in [0.25, 0.3) is 0 Å². The smallest absolute Gasteiger partial charge is 0.214 e. The molecule has 0 radical (unpaired) electrons. The standard InChI is InChI=1S/C20H24N2O4S/c1-14-13-17(8-9-19(14)23)26-16-6-4-15(5-7-16)18-3-2-10-22-11-12-27(24,25)21-20(18)22/h4-9,13,18,20-21,23H,2-3,10-12H2,1H3. The summed E-state index contributed by atoms with van der Waals surface area (Å²) in [6.07, 6.45) is 1.86. The molecule has 2 aromatic rings. The number of aromatic hydroxyl groups is 1. The zero-order valence-corrected chi connectivity index (χ0v) is 16.1. The lowest BCUT2D eigenvalue weighted by Crippen LogP contribution is -2.60. The number of phenolic OH excluding ortho intramolecular Hbond substituents is 1. The largest absolute Gasteiger partial charge is 0.508 e. The minimum Gasteiger partial charge on any atom is -0.508 e. The van der Waals surface area contributed by atoms with Gasteiger partial charge in [-0.1, -0.05) is 12.1 Å². The van der Waals surface area contributed by atoms with E-state index < -0.39 is 10.0 Å². The molecule has 2 aromatic carbocycles. The van der Waals surface area contributed by atoms with Crippen LogP contribution in [0.4, 0.5) is 0 Å². The van der Waals surface area contributed by atoms with Gasteiger partial charge in [0.1, 0.15) is 17.2 Å². The molecule has 2 heterocycles. The van der Waals surface area contributed by atoms with E-state index in [0.29, 0.717) is 18.0 Å². The maximum Gasteiger partial charge on any atom is 0.214 e. The summed E-state index contributed by atoms with van der Waals surface area (Å²) in [4.78, 5) is 2.23. The second kappa shape index (κ2) is 7.14. The van der Waals surface area contributed by atoms with E-state index in [9.17, 15) is 13.5 Å². The summed E-state index contributed by atoms with van der Waals surface area (Å²) < 4.78 is 32.7. The number of nitrogens with one attached hydrogen (secondary N) is 1.